The summed E-state index contributed by atoms with van der Waals surface area (Å²) in [6.45, 7) is 7.60. The lowest BCUT2D eigenvalue weighted by molar-refractivity contribution is 0.00645. The maximum Gasteiger partial charge on any atom is 0.154 e. The van der Waals surface area contributed by atoms with Crippen molar-refractivity contribution < 1.29 is 13.2 Å². The molecule has 0 aliphatic rings. The van der Waals surface area contributed by atoms with Crippen LogP contribution < -0.4 is 5.73 Å². The fourth-order valence-electron chi connectivity index (χ4n) is 0.959. The van der Waals surface area contributed by atoms with E-state index in [1.54, 1.807) is 6.92 Å². The van der Waals surface area contributed by atoms with Gasteiger partial charge in [0, 0.05) is 6.04 Å². The molecule has 14 heavy (non-hydrogen) atoms. The van der Waals surface area contributed by atoms with E-state index in [0.717, 1.165) is 0 Å². The summed E-state index contributed by atoms with van der Waals surface area (Å²) in [6.07, 6.45) is 0. The fraction of sp³-hybridized carbons (Fsp3) is 1.00. The fourth-order valence-corrected chi connectivity index (χ4v) is 2.26. The second kappa shape index (κ2) is 5.09. The van der Waals surface area contributed by atoms with Crippen molar-refractivity contribution in [3.63, 3.8) is 0 Å². The van der Waals surface area contributed by atoms with E-state index in [2.05, 4.69) is 0 Å². The van der Waals surface area contributed by atoms with Crippen LogP contribution in [0.25, 0.3) is 0 Å². The van der Waals surface area contributed by atoms with Crippen molar-refractivity contribution in [3.05, 3.63) is 0 Å². The lowest BCUT2D eigenvalue weighted by atomic mass is 10.2. The molecule has 0 radical (unpaired) electrons. The number of nitrogens with two attached hydrogens (primary N) is 1. The van der Waals surface area contributed by atoms with Gasteiger partial charge in [-0.15, -0.1) is 0 Å². The van der Waals surface area contributed by atoms with Crippen molar-refractivity contribution in [2.45, 2.75) is 39.3 Å². The van der Waals surface area contributed by atoms with E-state index >= 15 is 0 Å². The second-order valence-corrected chi connectivity index (χ2v) is 6.78. The Hall–Kier alpha value is -0.130. The third-order valence-electron chi connectivity index (χ3n) is 1.45. The smallest absolute Gasteiger partial charge is 0.154 e. The van der Waals surface area contributed by atoms with Crippen LogP contribution in [0.1, 0.15) is 27.7 Å². The molecule has 0 aliphatic heterocycles. The highest BCUT2D eigenvalue weighted by atomic mass is 32.2. The minimum atomic E-state index is -3.05. The second-order valence-electron chi connectivity index (χ2n) is 4.55. The molecule has 0 fully saturated rings. The van der Waals surface area contributed by atoms with E-state index in [-0.39, 0.29) is 29.8 Å². The standard InChI is InChI=1S/C9H21NO3S/c1-8(10)7-14(11,12)6-5-13-9(2,3)4/h8H,5-7,10H2,1-4H3. The zero-order valence-electron chi connectivity index (χ0n) is 9.41. The van der Waals surface area contributed by atoms with Gasteiger partial charge < -0.3 is 10.5 Å². The Kier molecular flexibility index (Phi) is 5.05. The van der Waals surface area contributed by atoms with Crippen molar-refractivity contribution >= 4 is 9.84 Å². The molecule has 0 amide bonds. The SMILES string of the molecule is CC(N)CS(=O)(=O)CCOC(C)(C)C. The number of sulfone groups is 1. The van der Waals surface area contributed by atoms with Crippen LogP contribution in [0.2, 0.25) is 0 Å². The highest BCUT2D eigenvalue weighted by Gasteiger charge is 2.16. The summed E-state index contributed by atoms with van der Waals surface area (Å²) < 4.78 is 28.1. The van der Waals surface area contributed by atoms with Gasteiger partial charge in [-0.05, 0) is 27.7 Å². The molecule has 2 N–H and O–H groups in total. The van der Waals surface area contributed by atoms with E-state index in [4.69, 9.17) is 10.5 Å². The van der Waals surface area contributed by atoms with E-state index in [9.17, 15) is 8.42 Å². The summed E-state index contributed by atoms with van der Waals surface area (Å²) in [5.41, 5.74) is 5.13. The number of hydrogen-bond donors (Lipinski definition) is 1. The molecule has 0 rings (SSSR count). The summed E-state index contributed by atoms with van der Waals surface area (Å²) in [7, 11) is -3.05. The van der Waals surface area contributed by atoms with Gasteiger partial charge in [-0.3, -0.25) is 0 Å². The Labute approximate surface area is 86.7 Å². The van der Waals surface area contributed by atoms with Crippen LogP contribution in [0, 0.1) is 0 Å². The molecule has 0 saturated carbocycles. The van der Waals surface area contributed by atoms with Gasteiger partial charge >= 0.3 is 0 Å². The minimum absolute atomic E-state index is 0.0283. The van der Waals surface area contributed by atoms with Crippen molar-refractivity contribution in [2.75, 3.05) is 18.1 Å². The molecule has 0 bridgehead atoms. The van der Waals surface area contributed by atoms with Gasteiger partial charge in [-0.25, -0.2) is 8.42 Å². The first-order valence-corrected chi connectivity index (χ1v) is 6.54. The summed E-state index contributed by atoms with van der Waals surface area (Å²) >= 11 is 0. The number of hydrogen-bond acceptors (Lipinski definition) is 4. The molecule has 0 aromatic rings. The molecule has 5 heteroatoms. The topological polar surface area (TPSA) is 69.4 Å². The average molecular weight is 223 g/mol. The Morgan fingerprint density at radius 3 is 2.21 bits per heavy atom. The first-order chi connectivity index (χ1) is 6.12. The minimum Gasteiger partial charge on any atom is -0.375 e. The Balaban J connectivity index is 3.90. The van der Waals surface area contributed by atoms with Crippen molar-refractivity contribution in [1.82, 2.24) is 0 Å². The van der Waals surface area contributed by atoms with E-state index in [1.165, 1.54) is 0 Å². The monoisotopic (exact) mass is 223 g/mol. The highest BCUT2D eigenvalue weighted by molar-refractivity contribution is 7.91. The van der Waals surface area contributed by atoms with Gasteiger partial charge in [-0.1, -0.05) is 0 Å². The maximum absolute atomic E-state index is 11.4. The lowest BCUT2D eigenvalue weighted by Crippen LogP contribution is -2.30. The van der Waals surface area contributed by atoms with Crippen LogP contribution in [0.4, 0.5) is 0 Å². The van der Waals surface area contributed by atoms with E-state index < -0.39 is 9.84 Å². The third kappa shape index (κ3) is 8.47. The molecule has 0 aliphatic carbocycles. The Morgan fingerprint density at radius 2 is 1.86 bits per heavy atom. The number of ether oxygens (including phenoxy) is 1. The molecule has 0 heterocycles. The number of rotatable bonds is 5. The summed E-state index contributed by atoms with van der Waals surface area (Å²) in [4.78, 5) is 0. The van der Waals surface area contributed by atoms with Crippen molar-refractivity contribution in [1.29, 1.82) is 0 Å². The summed E-state index contributed by atoms with van der Waals surface area (Å²) in [6, 6.07) is -0.311. The van der Waals surface area contributed by atoms with Crippen LogP contribution in [0.3, 0.4) is 0 Å². The zero-order valence-corrected chi connectivity index (χ0v) is 10.2. The van der Waals surface area contributed by atoms with Gasteiger partial charge in [0.1, 0.15) is 0 Å². The van der Waals surface area contributed by atoms with Crippen LogP contribution in [0.15, 0.2) is 0 Å². The van der Waals surface area contributed by atoms with Crippen LogP contribution >= 0.6 is 0 Å². The molecular weight excluding hydrogens is 202 g/mol. The zero-order chi connectivity index (χ0) is 11.4. The molecule has 86 valence electrons. The first-order valence-electron chi connectivity index (χ1n) is 4.72. The van der Waals surface area contributed by atoms with Gasteiger partial charge in [0.15, 0.2) is 9.84 Å². The third-order valence-corrected chi connectivity index (χ3v) is 3.27. The van der Waals surface area contributed by atoms with Gasteiger partial charge in [0.2, 0.25) is 0 Å². The predicted octanol–water partition coefficient (Wildman–Crippen LogP) is 0.563. The van der Waals surface area contributed by atoms with Gasteiger partial charge in [0.05, 0.1) is 23.7 Å². The maximum atomic E-state index is 11.4. The molecular formula is C9H21NO3S. The van der Waals surface area contributed by atoms with Gasteiger partial charge in [0.25, 0.3) is 0 Å². The van der Waals surface area contributed by atoms with E-state index in [1.807, 2.05) is 20.8 Å². The quantitative estimate of drug-likeness (QED) is 0.739. The highest BCUT2D eigenvalue weighted by Crippen LogP contribution is 2.06. The van der Waals surface area contributed by atoms with Crippen molar-refractivity contribution in [3.8, 4) is 0 Å². The summed E-state index contributed by atoms with van der Waals surface area (Å²) in [5, 5.41) is 0. The molecule has 0 aromatic carbocycles. The predicted molar refractivity (Wildman–Crippen MR) is 58.0 cm³/mol. The normalized spacial score (nSPS) is 15.5. The first kappa shape index (κ1) is 13.9. The largest absolute Gasteiger partial charge is 0.375 e. The molecule has 1 unspecified atom stereocenters. The molecule has 4 nitrogen and oxygen atoms in total. The molecule has 1 atom stereocenters. The lowest BCUT2D eigenvalue weighted by Gasteiger charge is -2.19. The molecule has 0 spiro atoms. The van der Waals surface area contributed by atoms with E-state index in [0.29, 0.717) is 0 Å². The van der Waals surface area contributed by atoms with Crippen LogP contribution in [-0.2, 0) is 14.6 Å². The Morgan fingerprint density at radius 1 is 1.36 bits per heavy atom. The Bertz CT molecular complexity index is 252. The summed E-state index contributed by atoms with van der Waals surface area (Å²) in [5.74, 6) is 0.0757. The van der Waals surface area contributed by atoms with Crippen LogP contribution in [0.5, 0.6) is 0 Å². The van der Waals surface area contributed by atoms with Crippen molar-refractivity contribution in [2.24, 2.45) is 5.73 Å². The molecule has 0 saturated heterocycles. The average Bonchev–Trinajstić information content (AvgIpc) is 1.78. The molecule has 0 aromatic heterocycles. The van der Waals surface area contributed by atoms with Gasteiger partial charge in [-0.2, -0.15) is 0 Å². The van der Waals surface area contributed by atoms with Crippen LogP contribution in [-0.4, -0.2) is 38.2 Å².